The second-order valence-electron chi connectivity index (χ2n) is 4.45. The topological polar surface area (TPSA) is 42.7 Å². The van der Waals surface area contributed by atoms with E-state index in [9.17, 15) is 0 Å². The zero-order valence-electron chi connectivity index (χ0n) is 11.1. The number of pyridine rings is 1. The molecule has 2 aromatic rings. The molecule has 1 N–H and O–H groups in total. The second-order valence-corrected chi connectivity index (χ2v) is 4.45. The van der Waals surface area contributed by atoms with Gasteiger partial charge < -0.3 is 5.32 Å². The van der Waals surface area contributed by atoms with Crippen molar-refractivity contribution in [3.63, 3.8) is 0 Å². The van der Waals surface area contributed by atoms with Crippen LogP contribution < -0.4 is 5.32 Å². The van der Waals surface area contributed by atoms with E-state index in [1.807, 2.05) is 18.6 Å². The van der Waals surface area contributed by atoms with E-state index in [1.54, 1.807) is 0 Å². The van der Waals surface area contributed by atoms with Gasteiger partial charge in [0.25, 0.3) is 0 Å². The van der Waals surface area contributed by atoms with E-state index in [2.05, 4.69) is 46.1 Å². The monoisotopic (exact) mass is 244 g/mol. The lowest BCUT2D eigenvalue weighted by Gasteiger charge is -2.09. The van der Waals surface area contributed by atoms with Crippen LogP contribution in [0.1, 0.15) is 30.2 Å². The molecule has 0 aliphatic heterocycles. The molecule has 0 aliphatic carbocycles. The lowest BCUT2D eigenvalue weighted by molar-refractivity contribution is 0.549. The van der Waals surface area contributed by atoms with E-state index in [4.69, 9.17) is 0 Å². The molecule has 2 rings (SSSR count). The highest BCUT2D eigenvalue weighted by atomic mass is 15.3. The van der Waals surface area contributed by atoms with Gasteiger partial charge in [0, 0.05) is 38.2 Å². The van der Waals surface area contributed by atoms with Crippen molar-refractivity contribution in [1.82, 2.24) is 20.1 Å². The molecule has 4 heteroatoms. The zero-order valence-corrected chi connectivity index (χ0v) is 11.1. The van der Waals surface area contributed by atoms with Crippen molar-refractivity contribution in [3.8, 4) is 0 Å². The molecule has 2 heterocycles. The fourth-order valence-electron chi connectivity index (χ4n) is 1.95. The van der Waals surface area contributed by atoms with Gasteiger partial charge in [-0.05, 0) is 36.6 Å². The van der Waals surface area contributed by atoms with E-state index in [0.29, 0.717) is 0 Å². The fraction of sp³-hybridized carbons (Fsp3) is 0.429. The van der Waals surface area contributed by atoms with Crippen molar-refractivity contribution in [1.29, 1.82) is 0 Å². The molecule has 0 radical (unpaired) electrons. The first kappa shape index (κ1) is 12.8. The van der Waals surface area contributed by atoms with Crippen LogP contribution in [0.25, 0.3) is 0 Å². The summed E-state index contributed by atoms with van der Waals surface area (Å²) in [5, 5.41) is 7.77. The van der Waals surface area contributed by atoms with Crippen molar-refractivity contribution in [2.24, 2.45) is 0 Å². The van der Waals surface area contributed by atoms with Gasteiger partial charge in [0.1, 0.15) is 0 Å². The molecule has 0 spiro atoms. The molecule has 0 saturated heterocycles. The average Bonchev–Trinajstić information content (AvgIpc) is 2.80. The Morgan fingerprint density at radius 3 is 2.89 bits per heavy atom. The first-order chi connectivity index (χ1) is 8.81. The Morgan fingerprint density at radius 2 is 2.11 bits per heavy atom. The van der Waals surface area contributed by atoms with E-state index in [-0.39, 0.29) is 0 Å². The number of nitrogens with zero attached hydrogens (tertiary/aromatic N) is 3. The minimum Gasteiger partial charge on any atom is -0.307 e. The SMILES string of the molecule is CCCn1nccc1CNCc1ccncc1C. The Hall–Kier alpha value is -1.68. The molecule has 96 valence electrons. The number of nitrogens with one attached hydrogen (secondary N) is 1. The average molecular weight is 244 g/mol. The Kier molecular flexibility index (Phi) is 4.47. The molecule has 0 fully saturated rings. The van der Waals surface area contributed by atoms with Crippen LogP contribution in [0.2, 0.25) is 0 Å². The highest BCUT2D eigenvalue weighted by molar-refractivity contribution is 5.21. The smallest absolute Gasteiger partial charge is 0.0522 e. The quantitative estimate of drug-likeness (QED) is 0.847. The third-order valence-corrected chi connectivity index (χ3v) is 3.00. The maximum absolute atomic E-state index is 4.32. The standard InChI is InChI=1S/C14H20N4/c1-3-8-18-14(5-7-17-18)11-16-10-13-4-6-15-9-12(13)2/h4-7,9,16H,3,8,10-11H2,1-2H3. The highest BCUT2D eigenvalue weighted by Crippen LogP contribution is 2.05. The van der Waals surface area contributed by atoms with Crippen molar-refractivity contribution in [2.75, 3.05) is 0 Å². The predicted octanol–water partition coefficient (Wildman–Crippen LogP) is 2.29. The molecule has 0 unspecified atom stereocenters. The van der Waals surface area contributed by atoms with Crippen LogP contribution in [-0.2, 0) is 19.6 Å². The number of aryl methyl sites for hydroxylation is 2. The first-order valence-corrected chi connectivity index (χ1v) is 6.42. The first-order valence-electron chi connectivity index (χ1n) is 6.42. The maximum Gasteiger partial charge on any atom is 0.0522 e. The van der Waals surface area contributed by atoms with Crippen molar-refractivity contribution >= 4 is 0 Å². The third kappa shape index (κ3) is 3.17. The van der Waals surface area contributed by atoms with Gasteiger partial charge in [0.2, 0.25) is 0 Å². The molecule has 0 aromatic carbocycles. The molecular weight excluding hydrogens is 224 g/mol. The van der Waals surface area contributed by atoms with E-state index in [1.165, 1.54) is 16.8 Å². The van der Waals surface area contributed by atoms with Gasteiger partial charge in [-0.15, -0.1) is 0 Å². The summed E-state index contributed by atoms with van der Waals surface area (Å²) in [7, 11) is 0. The summed E-state index contributed by atoms with van der Waals surface area (Å²) >= 11 is 0. The summed E-state index contributed by atoms with van der Waals surface area (Å²) < 4.78 is 2.06. The minimum atomic E-state index is 0.849. The Bertz CT molecular complexity index is 490. The van der Waals surface area contributed by atoms with Crippen LogP contribution in [0.3, 0.4) is 0 Å². The molecule has 0 amide bonds. The van der Waals surface area contributed by atoms with Gasteiger partial charge in [-0.3, -0.25) is 9.67 Å². The van der Waals surface area contributed by atoms with Crippen molar-refractivity contribution in [2.45, 2.75) is 39.9 Å². The molecule has 4 nitrogen and oxygen atoms in total. The minimum absolute atomic E-state index is 0.849. The van der Waals surface area contributed by atoms with Crippen LogP contribution >= 0.6 is 0 Å². The fourth-order valence-corrected chi connectivity index (χ4v) is 1.95. The van der Waals surface area contributed by atoms with Crippen LogP contribution in [0, 0.1) is 6.92 Å². The van der Waals surface area contributed by atoms with E-state index in [0.717, 1.165) is 26.1 Å². The number of rotatable bonds is 6. The Morgan fingerprint density at radius 1 is 1.22 bits per heavy atom. The van der Waals surface area contributed by atoms with Gasteiger partial charge in [-0.2, -0.15) is 5.10 Å². The molecule has 0 atom stereocenters. The van der Waals surface area contributed by atoms with Crippen LogP contribution in [-0.4, -0.2) is 14.8 Å². The highest BCUT2D eigenvalue weighted by Gasteiger charge is 2.02. The molecular formula is C14H20N4. The van der Waals surface area contributed by atoms with Gasteiger partial charge in [0.05, 0.1) is 5.69 Å². The lowest BCUT2D eigenvalue weighted by atomic mass is 10.1. The number of aromatic nitrogens is 3. The molecule has 0 saturated carbocycles. The lowest BCUT2D eigenvalue weighted by Crippen LogP contribution is -2.17. The normalized spacial score (nSPS) is 10.8. The van der Waals surface area contributed by atoms with Gasteiger partial charge in [0.15, 0.2) is 0 Å². The van der Waals surface area contributed by atoms with Gasteiger partial charge >= 0.3 is 0 Å². The molecule has 0 aliphatic rings. The maximum atomic E-state index is 4.32. The summed E-state index contributed by atoms with van der Waals surface area (Å²) in [4.78, 5) is 4.10. The Labute approximate surface area is 108 Å². The molecule has 18 heavy (non-hydrogen) atoms. The largest absolute Gasteiger partial charge is 0.307 e. The van der Waals surface area contributed by atoms with Gasteiger partial charge in [-0.25, -0.2) is 0 Å². The van der Waals surface area contributed by atoms with Crippen molar-refractivity contribution < 1.29 is 0 Å². The van der Waals surface area contributed by atoms with E-state index < -0.39 is 0 Å². The van der Waals surface area contributed by atoms with Crippen molar-refractivity contribution in [3.05, 3.63) is 47.5 Å². The zero-order chi connectivity index (χ0) is 12.8. The molecule has 0 bridgehead atoms. The summed E-state index contributed by atoms with van der Waals surface area (Å²) in [6.45, 7) is 6.95. The summed E-state index contributed by atoms with van der Waals surface area (Å²) in [6.07, 6.45) is 6.71. The van der Waals surface area contributed by atoms with Crippen LogP contribution in [0.15, 0.2) is 30.7 Å². The van der Waals surface area contributed by atoms with Gasteiger partial charge in [-0.1, -0.05) is 6.92 Å². The number of hydrogen-bond acceptors (Lipinski definition) is 3. The molecule has 2 aromatic heterocycles. The Balaban J connectivity index is 1.88. The predicted molar refractivity (Wildman–Crippen MR) is 72.0 cm³/mol. The summed E-state index contributed by atoms with van der Waals surface area (Å²) in [5.74, 6) is 0. The van der Waals surface area contributed by atoms with E-state index >= 15 is 0 Å². The summed E-state index contributed by atoms with van der Waals surface area (Å²) in [6, 6.07) is 4.13. The second kappa shape index (κ2) is 6.31. The summed E-state index contributed by atoms with van der Waals surface area (Å²) in [5.41, 5.74) is 3.77. The van der Waals surface area contributed by atoms with Crippen LogP contribution in [0.4, 0.5) is 0 Å². The number of hydrogen-bond donors (Lipinski definition) is 1. The van der Waals surface area contributed by atoms with Crippen LogP contribution in [0.5, 0.6) is 0 Å². The third-order valence-electron chi connectivity index (χ3n) is 3.00.